The highest BCUT2D eigenvalue weighted by Crippen LogP contribution is 2.34. The number of pyridine rings is 1. The summed E-state index contributed by atoms with van der Waals surface area (Å²) in [6, 6.07) is 11.7. The second kappa shape index (κ2) is 12.3. The van der Waals surface area contributed by atoms with Crippen LogP contribution in [0.5, 0.6) is 0 Å². The molecule has 2 amide bonds. The zero-order valence-corrected chi connectivity index (χ0v) is 24.5. The third kappa shape index (κ3) is 6.19. The molecule has 2 bridgehead atoms. The number of aromatic nitrogens is 4. The quantitative estimate of drug-likeness (QED) is 0.443. The van der Waals surface area contributed by atoms with Crippen molar-refractivity contribution in [2.45, 2.75) is 24.9 Å². The predicted molar refractivity (Wildman–Crippen MR) is 165 cm³/mol. The molecule has 13 nitrogen and oxygen atoms in total. The first-order valence-electron chi connectivity index (χ1n) is 15.1. The molecule has 0 aliphatic carbocycles. The average Bonchev–Trinajstić information content (AvgIpc) is 3.30. The standard InChI is InChI=1S/C30H38N10O3/c1-37-10-12-38(13-11-37)26-9-6-23(18-31-26)33-30(41)32-22-4-2-21(3-5-22)27-34-28(39-14-16-42-17-15-39)36-29(35-27)40-24-7-8-25(40)20-43-19-24/h2-6,9,18,24-25H,7-8,10-17,19-20H2,1H3,(H2,32,33,41). The fraction of sp³-hybridized carbons (Fsp3) is 0.500. The molecule has 2 atom stereocenters. The number of benzene rings is 1. The molecule has 3 aromatic rings. The zero-order valence-electron chi connectivity index (χ0n) is 24.5. The number of likely N-dealkylation sites (N-methyl/N-ethyl adjacent to an activating group) is 1. The summed E-state index contributed by atoms with van der Waals surface area (Å²) in [6.45, 7) is 8.10. The molecule has 43 heavy (non-hydrogen) atoms. The number of carbonyl (C=O) groups excluding carboxylic acids is 1. The van der Waals surface area contributed by atoms with E-state index in [1.165, 1.54) is 0 Å². The van der Waals surface area contributed by atoms with Crippen LogP contribution < -0.4 is 25.3 Å². The fourth-order valence-corrected chi connectivity index (χ4v) is 6.14. The van der Waals surface area contributed by atoms with E-state index in [-0.39, 0.29) is 18.1 Å². The molecule has 2 N–H and O–H groups in total. The molecule has 0 radical (unpaired) electrons. The van der Waals surface area contributed by atoms with Crippen molar-refractivity contribution in [1.29, 1.82) is 0 Å². The number of hydrogen-bond acceptors (Lipinski definition) is 11. The largest absolute Gasteiger partial charge is 0.378 e. The van der Waals surface area contributed by atoms with Crippen molar-refractivity contribution in [2.24, 2.45) is 0 Å². The molecule has 7 rings (SSSR count). The van der Waals surface area contributed by atoms with Crippen LogP contribution in [-0.4, -0.2) is 116 Å². The smallest absolute Gasteiger partial charge is 0.323 e. The topological polar surface area (TPSA) is 124 Å². The van der Waals surface area contributed by atoms with E-state index in [1.807, 2.05) is 36.4 Å². The van der Waals surface area contributed by atoms with E-state index >= 15 is 0 Å². The van der Waals surface area contributed by atoms with Crippen molar-refractivity contribution in [3.8, 4) is 11.4 Å². The number of morpholine rings is 2. The van der Waals surface area contributed by atoms with Gasteiger partial charge in [0.15, 0.2) is 5.82 Å². The number of urea groups is 1. The third-order valence-corrected chi connectivity index (χ3v) is 8.61. The first-order valence-corrected chi connectivity index (χ1v) is 15.1. The number of anilines is 5. The molecule has 6 heterocycles. The van der Waals surface area contributed by atoms with E-state index in [1.54, 1.807) is 6.20 Å². The Morgan fingerprint density at radius 2 is 1.44 bits per heavy atom. The van der Waals surface area contributed by atoms with Gasteiger partial charge in [-0.05, 0) is 56.3 Å². The molecule has 2 unspecified atom stereocenters. The number of rotatable bonds is 6. The minimum atomic E-state index is -0.332. The van der Waals surface area contributed by atoms with Crippen LogP contribution in [0.1, 0.15) is 12.8 Å². The summed E-state index contributed by atoms with van der Waals surface area (Å²) in [5, 5.41) is 5.78. The van der Waals surface area contributed by atoms with E-state index in [4.69, 9.17) is 24.4 Å². The molecule has 4 saturated heterocycles. The highest BCUT2D eigenvalue weighted by Gasteiger charge is 2.39. The fourth-order valence-electron chi connectivity index (χ4n) is 6.14. The van der Waals surface area contributed by atoms with Gasteiger partial charge in [0.2, 0.25) is 11.9 Å². The highest BCUT2D eigenvalue weighted by molar-refractivity contribution is 5.99. The van der Waals surface area contributed by atoms with E-state index in [0.29, 0.717) is 55.5 Å². The number of hydrogen-bond donors (Lipinski definition) is 2. The van der Waals surface area contributed by atoms with Gasteiger partial charge >= 0.3 is 6.03 Å². The van der Waals surface area contributed by atoms with Gasteiger partial charge in [0, 0.05) is 50.5 Å². The summed E-state index contributed by atoms with van der Waals surface area (Å²) >= 11 is 0. The number of fused-ring (bicyclic) bond motifs is 2. The number of nitrogens with one attached hydrogen (secondary N) is 2. The Balaban J connectivity index is 1.04. The second-order valence-corrected chi connectivity index (χ2v) is 11.5. The molecule has 4 fully saturated rings. The zero-order chi connectivity index (χ0) is 29.2. The molecule has 0 saturated carbocycles. The van der Waals surface area contributed by atoms with E-state index in [9.17, 15) is 4.79 Å². The SMILES string of the molecule is CN1CCN(c2ccc(NC(=O)Nc3ccc(-c4nc(N5CCOCC5)nc(N5C6CCC5COC6)n4)cc3)cn2)CC1. The van der Waals surface area contributed by atoms with Gasteiger partial charge in [0.1, 0.15) is 5.82 Å². The number of carbonyl (C=O) groups is 1. The maximum Gasteiger partial charge on any atom is 0.323 e. The highest BCUT2D eigenvalue weighted by atomic mass is 16.5. The first-order chi connectivity index (χ1) is 21.1. The van der Waals surface area contributed by atoms with Crippen LogP contribution in [0.4, 0.5) is 33.9 Å². The Morgan fingerprint density at radius 3 is 2.14 bits per heavy atom. The van der Waals surface area contributed by atoms with Gasteiger partial charge in [-0.25, -0.2) is 9.78 Å². The lowest BCUT2D eigenvalue weighted by molar-refractivity contribution is 0.0897. The van der Waals surface area contributed by atoms with Crippen molar-refractivity contribution in [2.75, 3.05) is 98.1 Å². The van der Waals surface area contributed by atoms with Gasteiger partial charge < -0.3 is 39.7 Å². The Morgan fingerprint density at radius 1 is 0.767 bits per heavy atom. The lowest BCUT2D eigenvalue weighted by Crippen LogP contribution is -2.47. The van der Waals surface area contributed by atoms with Crippen LogP contribution >= 0.6 is 0 Å². The van der Waals surface area contributed by atoms with Crippen molar-refractivity contribution < 1.29 is 14.3 Å². The molecule has 4 aliphatic heterocycles. The first kappa shape index (κ1) is 27.7. The Bertz CT molecular complexity index is 1390. The summed E-state index contributed by atoms with van der Waals surface area (Å²) in [4.78, 5) is 41.1. The summed E-state index contributed by atoms with van der Waals surface area (Å²) in [5.74, 6) is 2.91. The molecule has 1 aromatic carbocycles. The number of ether oxygens (including phenoxy) is 2. The van der Waals surface area contributed by atoms with Crippen LogP contribution in [0.3, 0.4) is 0 Å². The maximum absolute atomic E-state index is 12.7. The molecule has 4 aliphatic rings. The predicted octanol–water partition coefficient (Wildman–Crippen LogP) is 2.53. The summed E-state index contributed by atoms with van der Waals surface area (Å²) in [5.41, 5.74) is 2.16. The van der Waals surface area contributed by atoms with Gasteiger partial charge in [-0.15, -0.1) is 0 Å². The minimum absolute atomic E-state index is 0.287. The van der Waals surface area contributed by atoms with E-state index in [0.717, 1.165) is 63.5 Å². The van der Waals surface area contributed by atoms with Gasteiger partial charge in [-0.2, -0.15) is 15.0 Å². The monoisotopic (exact) mass is 586 g/mol. The number of amides is 2. The van der Waals surface area contributed by atoms with Crippen LogP contribution in [0.15, 0.2) is 42.6 Å². The van der Waals surface area contributed by atoms with Crippen molar-refractivity contribution >= 4 is 35.1 Å². The van der Waals surface area contributed by atoms with Crippen LogP contribution in [0.25, 0.3) is 11.4 Å². The third-order valence-electron chi connectivity index (χ3n) is 8.61. The molecular weight excluding hydrogens is 548 g/mol. The maximum atomic E-state index is 12.7. The minimum Gasteiger partial charge on any atom is -0.378 e. The molecular formula is C30H38N10O3. The summed E-state index contributed by atoms with van der Waals surface area (Å²) in [6.07, 6.45) is 3.86. The number of piperazine rings is 1. The molecule has 2 aromatic heterocycles. The van der Waals surface area contributed by atoms with Gasteiger partial charge in [0.05, 0.1) is 50.4 Å². The normalized spacial score (nSPS) is 22.5. The summed E-state index contributed by atoms with van der Waals surface area (Å²) in [7, 11) is 2.13. The molecule has 13 heteroatoms. The van der Waals surface area contributed by atoms with Crippen molar-refractivity contribution in [1.82, 2.24) is 24.8 Å². The lowest BCUT2D eigenvalue weighted by Gasteiger charge is -2.35. The Hall–Kier alpha value is -4.07. The van der Waals surface area contributed by atoms with Gasteiger partial charge in [0.25, 0.3) is 0 Å². The van der Waals surface area contributed by atoms with Crippen molar-refractivity contribution in [3.63, 3.8) is 0 Å². The van der Waals surface area contributed by atoms with Gasteiger partial charge in [-0.1, -0.05) is 0 Å². The van der Waals surface area contributed by atoms with Crippen LogP contribution in [0, 0.1) is 0 Å². The van der Waals surface area contributed by atoms with Gasteiger partial charge in [-0.3, -0.25) is 0 Å². The van der Waals surface area contributed by atoms with Crippen LogP contribution in [-0.2, 0) is 9.47 Å². The lowest BCUT2D eigenvalue weighted by atomic mass is 10.2. The van der Waals surface area contributed by atoms with Crippen molar-refractivity contribution in [3.05, 3.63) is 42.6 Å². The molecule has 226 valence electrons. The Labute approximate surface area is 251 Å². The molecule has 0 spiro atoms. The second-order valence-electron chi connectivity index (χ2n) is 11.5. The van der Waals surface area contributed by atoms with E-state index in [2.05, 4.69) is 42.3 Å². The Kier molecular flexibility index (Phi) is 7.92. The van der Waals surface area contributed by atoms with E-state index < -0.39 is 0 Å². The van der Waals surface area contributed by atoms with Crippen LogP contribution in [0.2, 0.25) is 0 Å². The average molecular weight is 587 g/mol. The summed E-state index contributed by atoms with van der Waals surface area (Å²) < 4.78 is 11.4. The number of nitrogens with zero attached hydrogens (tertiary/aromatic N) is 8.